The maximum atomic E-state index is 11.9. The standard InChI is InChI=1S/C16H21N3O2S/c1-16(2,3)21-15(20)18-11-5-8-19(10-11)13-4-7-17-12-6-9-22-14(12)13/h4,6-7,9,11H,5,8,10H2,1-3H3,(H,18,20)/t11-/m0/s1. The Morgan fingerprint density at radius 3 is 3.05 bits per heavy atom. The molecule has 2 aromatic heterocycles. The molecule has 118 valence electrons. The minimum Gasteiger partial charge on any atom is -0.444 e. The van der Waals surface area contributed by atoms with Gasteiger partial charge in [-0.25, -0.2) is 4.79 Å². The zero-order chi connectivity index (χ0) is 15.7. The summed E-state index contributed by atoms with van der Waals surface area (Å²) < 4.78 is 6.53. The number of nitrogens with one attached hydrogen (secondary N) is 1. The Kier molecular flexibility index (Phi) is 3.95. The second-order valence-corrected chi connectivity index (χ2v) is 7.46. The molecule has 2 aromatic rings. The van der Waals surface area contributed by atoms with Gasteiger partial charge in [0.25, 0.3) is 0 Å². The molecule has 1 aliphatic heterocycles. The third-order valence-electron chi connectivity index (χ3n) is 3.57. The Morgan fingerprint density at radius 1 is 1.45 bits per heavy atom. The van der Waals surface area contributed by atoms with Gasteiger partial charge in [-0.1, -0.05) is 0 Å². The lowest BCUT2D eigenvalue weighted by Crippen LogP contribution is -2.40. The Balaban J connectivity index is 1.65. The predicted molar refractivity (Wildman–Crippen MR) is 89.6 cm³/mol. The van der Waals surface area contributed by atoms with E-state index in [0.29, 0.717) is 0 Å². The van der Waals surface area contributed by atoms with Crippen LogP contribution in [0.5, 0.6) is 0 Å². The lowest BCUT2D eigenvalue weighted by atomic mass is 10.2. The van der Waals surface area contributed by atoms with E-state index in [4.69, 9.17) is 4.74 Å². The SMILES string of the molecule is CC(C)(C)OC(=O)N[C@H]1CCN(c2ccnc3ccsc23)C1. The summed E-state index contributed by atoms with van der Waals surface area (Å²) in [4.78, 5) is 18.6. The Bertz CT molecular complexity index is 677. The lowest BCUT2D eigenvalue weighted by Gasteiger charge is -2.22. The second-order valence-electron chi connectivity index (χ2n) is 6.54. The van der Waals surface area contributed by atoms with Crippen LogP contribution in [0.25, 0.3) is 10.2 Å². The molecule has 0 radical (unpaired) electrons. The molecule has 0 bridgehead atoms. The number of carbonyl (C=O) groups excluding carboxylic acids is 1. The van der Waals surface area contributed by atoms with Crippen LogP contribution in [0, 0.1) is 0 Å². The van der Waals surface area contributed by atoms with Crippen molar-refractivity contribution in [1.29, 1.82) is 0 Å². The van der Waals surface area contributed by atoms with Crippen molar-refractivity contribution in [2.24, 2.45) is 0 Å². The van der Waals surface area contributed by atoms with E-state index in [2.05, 4.69) is 26.6 Å². The first-order chi connectivity index (χ1) is 10.4. The third kappa shape index (κ3) is 3.32. The Morgan fingerprint density at radius 2 is 2.27 bits per heavy atom. The molecule has 0 unspecified atom stereocenters. The van der Waals surface area contributed by atoms with Crippen molar-refractivity contribution in [2.75, 3.05) is 18.0 Å². The van der Waals surface area contributed by atoms with Crippen molar-refractivity contribution in [2.45, 2.75) is 38.8 Å². The highest BCUT2D eigenvalue weighted by molar-refractivity contribution is 7.17. The molecule has 1 saturated heterocycles. The van der Waals surface area contributed by atoms with Gasteiger partial charge in [0.05, 0.1) is 21.9 Å². The topological polar surface area (TPSA) is 54.5 Å². The molecule has 1 N–H and O–H groups in total. The van der Waals surface area contributed by atoms with E-state index in [1.807, 2.05) is 33.0 Å². The molecular weight excluding hydrogens is 298 g/mol. The van der Waals surface area contributed by atoms with Gasteiger partial charge in [0.2, 0.25) is 0 Å². The number of carbonyl (C=O) groups is 1. The number of amides is 1. The van der Waals surface area contributed by atoms with Gasteiger partial charge in [-0.15, -0.1) is 11.3 Å². The zero-order valence-corrected chi connectivity index (χ0v) is 13.9. The van der Waals surface area contributed by atoms with Crippen LogP contribution in [0.3, 0.4) is 0 Å². The zero-order valence-electron chi connectivity index (χ0n) is 13.1. The molecule has 1 atom stereocenters. The van der Waals surface area contributed by atoms with E-state index in [1.54, 1.807) is 11.3 Å². The molecule has 1 amide bonds. The van der Waals surface area contributed by atoms with Gasteiger partial charge in [0.15, 0.2) is 0 Å². The van der Waals surface area contributed by atoms with Gasteiger partial charge in [-0.2, -0.15) is 0 Å². The van der Waals surface area contributed by atoms with Crippen molar-refractivity contribution >= 4 is 33.3 Å². The van der Waals surface area contributed by atoms with Gasteiger partial charge in [-0.05, 0) is 44.7 Å². The van der Waals surface area contributed by atoms with Gasteiger partial charge in [0.1, 0.15) is 5.60 Å². The third-order valence-corrected chi connectivity index (χ3v) is 4.50. The number of ether oxygens (including phenoxy) is 1. The smallest absolute Gasteiger partial charge is 0.407 e. The van der Waals surface area contributed by atoms with Gasteiger partial charge in [-0.3, -0.25) is 4.98 Å². The summed E-state index contributed by atoms with van der Waals surface area (Å²) in [5.74, 6) is 0. The summed E-state index contributed by atoms with van der Waals surface area (Å²) in [7, 11) is 0. The van der Waals surface area contributed by atoms with Crippen molar-refractivity contribution < 1.29 is 9.53 Å². The van der Waals surface area contributed by atoms with E-state index in [1.165, 1.54) is 10.4 Å². The highest BCUT2D eigenvalue weighted by Crippen LogP contribution is 2.31. The number of alkyl carbamates (subject to hydrolysis) is 1. The highest BCUT2D eigenvalue weighted by Gasteiger charge is 2.27. The van der Waals surface area contributed by atoms with Crippen LogP contribution in [0.2, 0.25) is 0 Å². The largest absolute Gasteiger partial charge is 0.444 e. The first-order valence-corrected chi connectivity index (χ1v) is 8.37. The average Bonchev–Trinajstić information content (AvgIpc) is 3.04. The molecule has 6 heteroatoms. The monoisotopic (exact) mass is 319 g/mol. The average molecular weight is 319 g/mol. The molecular formula is C16H21N3O2S. The van der Waals surface area contributed by atoms with Gasteiger partial charge in [0, 0.05) is 19.3 Å². The summed E-state index contributed by atoms with van der Waals surface area (Å²) in [6, 6.07) is 4.21. The normalized spacial score (nSPS) is 18.7. The van der Waals surface area contributed by atoms with Crippen LogP contribution in [0.1, 0.15) is 27.2 Å². The van der Waals surface area contributed by atoms with Crippen LogP contribution in [-0.2, 0) is 4.74 Å². The fraction of sp³-hybridized carbons (Fsp3) is 0.500. The van der Waals surface area contributed by atoms with Crippen molar-refractivity contribution in [3.8, 4) is 0 Å². The van der Waals surface area contributed by atoms with Crippen LogP contribution >= 0.6 is 11.3 Å². The van der Waals surface area contributed by atoms with Crippen molar-refractivity contribution in [1.82, 2.24) is 10.3 Å². The van der Waals surface area contributed by atoms with Crippen molar-refractivity contribution in [3.63, 3.8) is 0 Å². The second kappa shape index (κ2) is 5.76. The summed E-state index contributed by atoms with van der Waals surface area (Å²) >= 11 is 1.71. The van der Waals surface area contributed by atoms with E-state index in [0.717, 1.165) is 25.0 Å². The maximum absolute atomic E-state index is 11.9. The Hall–Kier alpha value is -1.82. The molecule has 1 aliphatic rings. The Labute approximate surface area is 134 Å². The molecule has 0 saturated carbocycles. The quantitative estimate of drug-likeness (QED) is 0.922. The lowest BCUT2D eigenvalue weighted by molar-refractivity contribution is 0.0509. The van der Waals surface area contributed by atoms with Crippen molar-refractivity contribution in [3.05, 3.63) is 23.7 Å². The highest BCUT2D eigenvalue weighted by atomic mass is 32.1. The van der Waals surface area contributed by atoms with Crippen LogP contribution < -0.4 is 10.2 Å². The fourth-order valence-corrected chi connectivity index (χ4v) is 3.57. The predicted octanol–water partition coefficient (Wildman–Crippen LogP) is 3.40. The minimum absolute atomic E-state index is 0.123. The van der Waals surface area contributed by atoms with E-state index >= 15 is 0 Å². The molecule has 0 spiro atoms. The molecule has 3 rings (SSSR count). The summed E-state index contributed by atoms with van der Waals surface area (Å²) in [6.45, 7) is 7.35. The first-order valence-electron chi connectivity index (χ1n) is 7.49. The maximum Gasteiger partial charge on any atom is 0.407 e. The number of rotatable bonds is 2. The fourth-order valence-electron chi connectivity index (χ4n) is 2.68. The van der Waals surface area contributed by atoms with Crippen LogP contribution in [-0.4, -0.2) is 35.8 Å². The van der Waals surface area contributed by atoms with Gasteiger partial charge >= 0.3 is 6.09 Å². The molecule has 1 fully saturated rings. The summed E-state index contributed by atoms with van der Waals surface area (Å²) in [6.07, 6.45) is 2.43. The molecule has 0 aliphatic carbocycles. The number of hydrogen-bond acceptors (Lipinski definition) is 5. The van der Waals surface area contributed by atoms with E-state index < -0.39 is 5.60 Å². The van der Waals surface area contributed by atoms with Crippen LogP contribution in [0.15, 0.2) is 23.7 Å². The minimum atomic E-state index is -0.462. The number of nitrogens with zero attached hydrogens (tertiary/aromatic N) is 2. The number of hydrogen-bond donors (Lipinski definition) is 1. The molecule has 3 heterocycles. The molecule has 22 heavy (non-hydrogen) atoms. The van der Waals surface area contributed by atoms with Gasteiger partial charge < -0.3 is 15.0 Å². The number of aromatic nitrogens is 1. The number of fused-ring (bicyclic) bond motifs is 1. The first kappa shape index (κ1) is 15.1. The molecule has 5 nitrogen and oxygen atoms in total. The summed E-state index contributed by atoms with van der Waals surface area (Å²) in [5, 5.41) is 5.03. The number of pyridine rings is 1. The van der Waals surface area contributed by atoms with E-state index in [9.17, 15) is 4.79 Å². The molecule has 0 aromatic carbocycles. The van der Waals surface area contributed by atoms with E-state index in [-0.39, 0.29) is 12.1 Å². The number of anilines is 1. The van der Waals surface area contributed by atoms with Crippen LogP contribution in [0.4, 0.5) is 10.5 Å². The summed E-state index contributed by atoms with van der Waals surface area (Å²) in [5.41, 5.74) is 1.77. The number of thiophene rings is 1.